The molecule has 100 valence electrons. The van der Waals surface area contributed by atoms with Crippen LogP contribution in [0, 0.1) is 0 Å². The number of nitrogens with zero attached hydrogens (tertiary/aromatic N) is 1. The Balaban J connectivity index is 1.96. The van der Waals surface area contributed by atoms with Crippen LogP contribution in [-0.4, -0.2) is 10.9 Å². The lowest BCUT2D eigenvalue weighted by molar-refractivity contribution is 0.0951. The summed E-state index contributed by atoms with van der Waals surface area (Å²) in [6.07, 6.45) is 2.57. The van der Waals surface area contributed by atoms with Crippen molar-refractivity contribution in [2.45, 2.75) is 19.9 Å². The predicted octanol–water partition coefficient (Wildman–Crippen LogP) is 1.92. The maximum Gasteiger partial charge on any atom is 0.251 e. The van der Waals surface area contributed by atoms with Gasteiger partial charge in [0.1, 0.15) is 5.82 Å². The van der Waals surface area contributed by atoms with Crippen molar-refractivity contribution in [1.82, 2.24) is 10.3 Å². The first kappa shape index (κ1) is 13.5. The molecule has 0 aliphatic heterocycles. The molecule has 0 saturated carbocycles. The SMILES string of the molecule is CCc1ccc(CNC(=O)c2ccnc(NN)c2)s1. The highest BCUT2D eigenvalue weighted by Crippen LogP contribution is 2.16. The molecule has 0 fully saturated rings. The van der Waals surface area contributed by atoms with E-state index >= 15 is 0 Å². The largest absolute Gasteiger partial charge is 0.347 e. The number of aromatic nitrogens is 1. The molecule has 5 nitrogen and oxygen atoms in total. The second-order valence-electron chi connectivity index (χ2n) is 3.98. The van der Waals surface area contributed by atoms with Crippen LogP contribution >= 0.6 is 11.3 Å². The molecule has 0 saturated heterocycles. The molecule has 0 spiro atoms. The Bertz CT molecular complexity index is 567. The van der Waals surface area contributed by atoms with Crippen molar-refractivity contribution in [3.63, 3.8) is 0 Å². The van der Waals surface area contributed by atoms with Crippen molar-refractivity contribution in [3.05, 3.63) is 45.8 Å². The van der Waals surface area contributed by atoms with Crippen LogP contribution in [0.3, 0.4) is 0 Å². The number of pyridine rings is 1. The molecular weight excluding hydrogens is 260 g/mol. The highest BCUT2D eigenvalue weighted by atomic mass is 32.1. The number of nitrogens with two attached hydrogens (primary N) is 1. The van der Waals surface area contributed by atoms with Gasteiger partial charge in [0.05, 0.1) is 6.54 Å². The molecule has 0 atom stereocenters. The van der Waals surface area contributed by atoms with E-state index in [9.17, 15) is 4.79 Å². The van der Waals surface area contributed by atoms with Gasteiger partial charge in [-0.25, -0.2) is 10.8 Å². The zero-order valence-corrected chi connectivity index (χ0v) is 11.5. The topological polar surface area (TPSA) is 80.0 Å². The van der Waals surface area contributed by atoms with Crippen LogP contribution in [0.4, 0.5) is 5.82 Å². The number of aryl methyl sites for hydroxylation is 1. The van der Waals surface area contributed by atoms with Gasteiger partial charge in [-0.05, 0) is 30.7 Å². The Labute approximate surface area is 115 Å². The lowest BCUT2D eigenvalue weighted by atomic mass is 10.2. The molecular formula is C13H16N4OS. The summed E-state index contributed by atoms with van der Waals surface area (Å²) in [6.45, 7) is 2.66. The van der Waals surface area contributed by atoms with Gasteiger partial charge in [-0.1, -0.05) is 6.92 Å². The van der Waals surface area contributed by atoms with Crippen molar-refractivity contribution in [1.29, 1.82) is 0 Å². The fraction of sp³-hybridized carbons (Fsp3) is 0.231. The summed E-state index contributed by atoms with van der Waals surface area (Å²) in [5.41, 5.74) is 2.96. The molecule has 19 heavy (non-hydrogen) atoms. The molecule has 0 aliphatic carbocycles. The first-order chi connectivity index (χ1) is 9.22. The number of nitrogens with one attached hydrogen (secondary N) is 2. The minimum absolute atomic E-state index is 0.134. The summed E-state index contributed by atoms with van der Waals surface area (Å²) in [5, 5.41) is 2.88. The van der Waals surface area contributed by atoms with E-state index in [-0.39, 0.29) is 5.91 Å². The van der Waals surface area contributed by atoms with E-state index < -0.39 is 0 Å². The van der Waals surface area contributed by atoms with Gasteiger partial charge in [0, 0.05) is 21.5 Å². The molecule has 2 rings (SSSR count). The Morgan fingerprint density at radius 3 is 2.84 bits per heavy atom. The second kappa shape index (κ2) is 6.31. The van der Waals surface area contributed by atoms with E-state index in [4.69, 9.17) is 5.84 Å². The molecule has 6 heteroatoms. The van der Waals surface area contributed by atoms with Crippen molar-refractivity contribution >= 4 is 23.1 Å². The minimum Gasteiger partial charge on any atom is -0.347 e. The standard InChI is InChI=1S/C13H16N4OS/c1-2-10-3-4-11(19-10)8-16-13(18)9-5-6-15-12(7-9)17-14/h3-7H,2,8,14H2,1H3,(H,15,17)(H,16,18). The maximum atomic E-state index is 12.0. The monoisotopic (exact) mass is 276 g/mol. The van der Waals surface area contributed by atoms with Crippen molar-refractivity contribution in [2.75, 3.05) is 5.43 Å². The third-order valence-corrected chi connectivity index (χ3v) is 3.89. The zero-order valence-electron chi connectivity index (χ0n) is 10.6. The quantitative estimate of drug-likeness (QED) is 0.576. The Hall–Kier alpha value is -1.92. The van der Waals surface area contributed by atoms with E-state index in [2.05, 4.69) is 28.7 Å². The Morgan fingerprint density at radius 2 is 2.16 bits per heavy atom. The summed E-state index contributed by atoms with van der Waals surface area (Å²) in [5.74, 6) is 5.59. The number of nitrogen functional groups attached to an aromatic ring is 1. The molecule has 1 amide bonds. The second-order valence-corrected chi connectivity index (χ2v) is 5.23. The van der Waals surface area contributed by atoms with Crippen molar-refractivity contribution in [3.8, 4) is 0 Å². The molecule has 2 aromatic heterocycles. The highest BCUT2D eigenvalue weighted by Gasteiger charge is 2.07. The Morgan fingerprint density at radius 1 is 1.37 bits per heavy atom. The summed E-state index contributed by atoms with van der Waals surface area (Å²) in [4.78, 5) is 18.4. The third-order valence-electron chi connectivity index (χ3n) is 2.66. The molecule has 2 heterocycles. The molecule has 4 N–H and O–H groups in total. The van der Waals surface area contributed by atoms with E-state index in [1.165, 1.54) is 4.88 Å². The van der Waals surface area contributed by atoms with Gasteiger partial charge in [0.25, 0.3) is 5.91 Å². The summed E-state index contributed by atoms with van der Waals surface area (Å²) < 4.78 is 0. The maximum absolute atomic E-state index is 12.0. The number of carbonyl (C=O) groups is 1. The average molecular weight is 276 g/mol. The van der Waals surface area contributed by atoms with E-state index in [1.54, 1.807) is 29.7 Å². The number of anilines is 1. The number of amides is 1. The minimum atomic E-state index is -0.134. The first-order valence-corrected chi connectivity index (χ1v) is 6.83. The van der Waals surface area contributed by atoms with Crippen LogP contribution in [0.25, 0.3) is 0 Å². The number of hydrazine groups is 1. The molecule has 2 aromatic rings. The lowest BCUT2D eigenvalue weighted by Gasteiger charge is -2.05. The number of hydrogen-bond acceptors (Lipinski definition) is 5. The van der Waals surface area contributed by atoms with Crippen LogP contribution in [0.5, 0.6) is 0 Å². The van der Waals surface area contributed by atoms with Crippen LogP contribution in [0.1, 0.15) is 27.0 Å². The zero-order chi connectivity index (χ0) is 13.7. The van der Waals surface area contributed by atoms with Crippen LogP contribution in [0.15, 0.2) is 30.5 Å². The predicted molar refractivity (Wildman–Crippen MR) is 76.9 cm³/mol. The fourth-order valence-corrected chi connectivity index (χ4v) is 2.53. The van der Waals surface area contributed by atoms with Crippen molar-refractivity contribution in [2.24, 2.45) is 5.84 Å². The van der Waals surface area contributed by atoms with Crippen molar-refractivity contribution < 1.29 is 4.79 Å². The molecule has 0 aliphatic rings. The van der Waals surface area contributed by atoms with Gasteiger partial charge in [-0.3, -0.25) is 4.79 Å². The number of rotatable bonds is 5. The van der Waals surface area contributed by atoms with Crippen LogP contribution in [-0.2, 0) is 13.0 Å². The fourth-order valence-electron chi connectivity index (χ4n) is 1.63. The molecule has 0 bridgehead atoms. The summed E-state index contributed by atoms with van der Waals surface area (Å²) >= 11 is 1.72. The molecule has 0 aromatic carbocycles. The van der Waals surface area contributed by atoms with Gasteiger partial charge < -0.3 is 10.7 Å². The first-order valence-electron chi connectivity index (χ1n) is 6.01. The van der Waals surface area contributed by atoms with E-state index in [1.807, 2.05) is 6.07 Å². The van der Waals surface area contributed by atoms with Crippen LogP contribution in [0.2, 0.25) is 0 Å². The molecule has 0 radical (unpaired) electrons. The average Bonchev–Trinajstić information content (AvgIpc) is 2.93. The highest BCUT2D eigenvalue weighted by molar-refractivity contribution is 7.11. The number of carbonyl (C=O) groups excluding carboxylic acids is 1. The van der Waals surface area contributed by atoms with E-state index in [0.29, 0.717) is 17.9 Å². The van der Waals surface area contributed by atoms with Gasteiger partial charge in [0.2, 0.25) is 0 Å². The lowest BCUT2D eigenvalue weighted by Crippen LogP contribution is -2.22. The van der Waals surface area contributed by atoms with Gasteiger partial charge >= 0.3 is 0 Å². The molecule has 0 unspecified atom stereocenters. The van der Waals surface area contributed by atoms with Gasteiger partial charge in [-0.2, -0.15) is 0 Å². The normalized spacial score (nSPS) is 10.2. The van der Waals surface area contributed by atoms with Crippen LogP contribution < -0.4 is 16.6 Å². The van der Waals surface area contributed by atoms with E-state index in [0.717, 1.165) is 11.3 Å². The Kier molecular flexibility index (Phi) is 4.48. The third kappa shape index (κ3) is 3.52. The smallest absolute Gasteiger partial charge is 0.251 e. The number of thiophene rings is 1. The summed E-state index contributed by atoms with van der Waals surface area (Å²) in [7, 11) is 0. The van der Waals surface area contributed by atoms with Gasteiger partial charge in [0.15, 0.2) is 0 Å². The number of hydrogen-bond donors (Lipinski definition) is 3. The van der Waals surface area contributed by atoms with Gasteiger partial charge in [-0.15, -0.1) is 11.3 Å². The summed E-state index contributed by atoms with van der Waals surface area (Å²) in [6, 6.07) is 7.40.